The smallest absolute Gasteiger partial charge is 0.221 e. The molecule has 2 N–H and O–H groups in total. The number of likely N-dealkylation sites (N-methyl/N-ethyl adjacent to an activating group) is 1. The third kappa shape index (κ3) is 4.65. The van der Waals surface area contributed by atoms with E-state index in [9.17, 15) is 9.59 Å². The highest BCUT2D eigenvalue weighted by Gasteiger charge is 2.71. The minimum absolute atomic E-state index is 0.216. The quantitative estimate of drug-likeness (QED) is 0.515. The van der Waals surface area contributed by atoms with Gasteiger partial charge in [0.05, 0.1) is 6.10 Å². The highest BCUT2D eigenvalue weighted by molar-refractivity contribution is 5.87. The average molecular weight is 583 g/mol. The van der Waals surface area contributed by atoms with E-state index in [0.717, 1.165) is 77.8 Å². The van der Waals surface area contributed by atoms with Crippen molar-refractivity contribution in [2.75, 3.05) is 46.3 Å². The Morgan fingerprint density at radius 3 is 2.55 bits per heavy atom. The lowest BCUT2D eigenvalue weighted by Crippen LogP contribution is -2.60. The largest absolute Gasteiger partial charge is 0.357 e. The van der Waals surface area contributed by atoms with Crippen molar-refractivity contribution in [2.45, 2.75) is 110 Å². The van der Waals surface area contributed by atoms with Crippen molar-refractivity contribution < 1.29 is 14.3 Å². The Kier molecular flexibility index (Phi) is 7.64. The number of piperidine rings is 1. The first-order valence-corrected chi connectivity index (χ1v) is 17.7. The molecule has 0 aromatic rings. The zero-order chi connectivity index (χ0) is 29.4. The first-order valence-electron chi connectivity index (χ1n) is 17.7. The number of hydrogen-bond acceptors (Lipinski definition) is 6. The fraction of sp³-hybridized carbons (Fsp3) is 0.943. The van der Waals surface area contributed by atoms with Crippen LogP contribution in [0.1, 0.15) is 91.9 Å². The van der Waals surface area contributed by atoms with Gasteiger partial charge in [0, 0.05) is 75.4 Å². The zero-order valence-corrected chi connectivity index (χ0v) is 27.1. The Balaban J connectivity index is 0.991. The number of rotatable bonds is 4. The summed E-state index contributed by atoms with van der Waals surface area (Å²) in [6.07, 6.45) is 10.8. The molecule has 0 aromatic heterocycles. The van der Waals surface area contributed by atoms with Gasteiger partial charge in [0.2, 0.25) is 5.91 Å². The topological polar surface area (TPSA) is 73.9 Å². The maximum atomic E-state index is 14.4. The normalized spacial score (nSPS) is 51.1. The van der Waals surface area contributed by atoms with Crippen LogP contribution in [0.25, 0.3) is 0 Å². The number of hydrogen-bond donors (Lipinski definition) is 2. The van der Waals surface area contributed by atoms with Gasteiger partial charge in [-0.2, -0.15) is 0 Å². The van der Waals surface area contributed by atoms with Crippen molar-refractivity contribution in [3.63, 3.8) is 0 Å². The number of Topliss-reactive ketones (excluding diaryl/α,β-unsaturated/α-hetero) is 1. The van der Waals surface area contributed by atoms with Gasteiger partial charge in [0.25, 0.3) is 0 Å². The van der Waals surface area contributed by atoms with E-state index < -0.39 is 0 Å². The van der Waals surface area contributed by atoms with Crippen LogP contribution < -0.4 is 10.6 Å². The van der Waals surface area contributed by atoms with E-state index in [1.54, 1.807) is 0 Å². The number of nitrogens with zero attached hydrogens (tertiary/aromatic N) is 2. The molecule has 42 heavy (non-hydrogen) atoms. The van der Waals surface area contributed by atoms with Gasteiger partial charge in [-0.1, -0.05) is 27.7 Å². The monoisotopic (exact) mass is 582 g/mol. The first kappa shape index (κ1) is 29.7. The highest BCUT2D eigenvalue weighted by atomic mass is 16.5. The van der Waals surface area contributed by atoms with Gasteiger partial charge < -0.3 is 19.9 Å². The van der Waals surface area contributed by atoms with Gasteiger partial charge in [-0.3, -0.25) is 14.9 Å². The summed E-state index contributed by atoms with van der Waals surface area (Å²) in [5, 5.41) is 7.26. The molecule has 7 aliphatic rings. The summed E-state index contributed by atoms with van der Waals surface area (Å²) in [5.41, 5.74) is -0.241. The number of carbonyl (C=O) groups is 2. The Hall–Kier alpha value is -1.02. The number of nitrogens with one attached hydrogen (secondary N) is 2. The van der Waals surface area contributed by atoms with E-state index in [4.69, 9.17) is 4.74 Å². The van der Waals surface area contributed by atoms with Crippen LogP contribution in [0, 0.1) is 52.3 Å². The Labute approximate surface area is 254 Å². The van der Waals surface area contributed by atoms with Crippen LogP contribution in [0.3, 0.4) is 0 Å². The molecule has 3 aliphatic heterocycles. The van der Waals surface area contributed by atoms with Crippen molar-refractivity contribution in [1.82, 2.24) is 20.4 Å². The van der Waals surface area contributed by atoms with Crippen LogP contribution in [0.5, 0.6) is 0 Å². The molecule has 3 heterocycles. The van der Waals surface area contributed by atoms with Gasteiger partial charge in [-0.05, 0) is 93.4 Å². The highest BCUT2D eigenvalue weighted by Crippen LogP contribution is 2.70. The van der Waals surface area contributed by atoms with Gasteiger partial charge in [-0.25, -0.2) is 0 Å². The maximum Gasteiger partial charge on any atom is 0.221 e. The summed E-state index contributed by atoms with van der Waals surface area (Å²) < 4.78 is 7.00. The molecule has 7 nitrogen and oxygen atoms in total. The van der Waals surface area contributed by atoms with Crippen LogP contribution in [0.2, 0.25) is 0 Å². The van der Waals surface area contributed by atoms with Gasteiger partial charge in [0.15, 0.2) is 0 Å². The summed E-state index contributed by atoms with van der Waals surface area (Å²) >= 11 is 0. The Morgan fingerprint density at radius 2 is 1.81 bits per heavy atom. The molecule has 12 atom stereocenters. The number of piperazine rings is 1. The number of amides is 1. The zero-order valence-electron chi connectivity index (χ0n) is 27.1. The molecule has 7 rings (SSSR count). The van der Waals surface area contributed by atoms with Crippen LogP contribution in [0.4, 0.5) is 0 Å². The molecule has 1 amide bonds. The minimum atomic E-state index is -0.238. The second-order valence-corrected chi connectivity index (χ2v) is 16.6. The summed E-state index contributed by atoms with van der Waals surface area (Å²) in [7, 11) is 2.17. The molecular formula is C35H58N4O3. The third-order valence-corrected chi connectivity index (χ3v) is 14.6. The molecule has 1 spiro atoms. The molecule has 3 saturated heterocycles. The van der Waals surface area contributed by atoms with Crippen LogP contribution in [-0.4, -0.2) is 85.7 Å². The van der Waals surface area contributed by atoms with Crippen LogP contribution in [-0.2, 0) is 14.3 Å². The maximum absolute atomic E-state index is 14.4. The fourth-order valence-corrected chi connectivity index (χ4v) is 11.9. The summed E-state index contributed by atoms with van der Waals surface area (Å²) in [5.74, 6) is 4.41. The third-order valence-electron chi connectivity index (χ3n) is 14.6. The predicted molar refractivity (Wildman–Crippen MR) is 165 cm³/mol. The van der Waals surface area contributed by atoms with Gasteiger partial charge in [0.1, 0.15) is 11.5 Å². The molecular weight excluding hydrogens is 524 g/mol. The second kappa shape index (κ2) is 10.8. The minimum Gasteiger partial charge on any atom is -0.357 e. The van der Waals surface area contributed by atoms with E-state index in [1.165, 1.54) is 19.3 Å². The molecule has 4 aliphatic carbocycles. The first-order chi connectivity index (χ1) is 20.0. The van der Waals surface area contributed by atoms with E-state index in [2.05, 4.69) is 55.2 Å². The van der Waals surface area contributed by atoms with Crippen molar-refractivity contribution in [3.05, 3.63) is 0 Å². The Bertz CT molecular complexity index is 1050. The second-order valence-electron chi connectivity index (χ2n) is 16.6. The number of carbonyl (C=O) groups excluding carboxylic acids is 2. The molecule has 0 radical (unpaired) electrons. The summed E-state index contributed by atoms with van der Waals surface area (Å²) in [4.78, 5) is 32.1. The van der Waals surface area contributed by atoms with Crippen LogP contribution >= 0.6 is 0 Å². The molecule has 0 unspecified atom stereocenters. The van der Waals surface area contributed by atoms with E-state index in [0.29, 0.717) is 59.7 Å². The van der Waals surface area contributed by atoms with E-state index in [1.807, 2.05) is 0 Å². The number of ketones is 1. The number of fused-ring (bicyclic) bond motifs is 7. The van der Waals surface area contributed by atoms with E-state index in [-0.39, 0.29) is 28.6 Å². The van der Waals surface area contributed by atoms with Crippen molar-refractivity contribution >= 4 is 11.7 Å². The fourth-order valence-electron chi connectivity index (χ4n) is 11.9. The molecule has 7 fully saturated rings. The Morgan fingerprint density at radius 1 is 1.02 bits per heavy atom. The lowest BCUT2D eigenvalue weighted by Gasteiger charge is -2.60. The number of ether oxygens (including phenoxy) is 1. The van der Waals surface area contributed by atoms with Gasteiger partial charge in [-0.15, -0.1) is 0 Å². The predicted octanol–water partition coefficient (Wildman–Crippen LogP) is 4.31. The standard InChI is InChI=1S/C35H58N4O3/c1-22-8-12-35(36-21-22)23(2)32-29(42-35)19-28-26-7-6-24-18-25(37-31(41)10-13-39-16-14-38(5)15-17-39)9-11-33(24,3)27(26)20-30(40)34(28,32)4/h22-29,32,36H,6-21H2,1-5H3,(H,37,41)/t22-,23-,24+,25+,26+,27-,28-,29-,32-,33-,34+,35+/m0/s1. The molecule has 236 valence electrons. The van der Waals surface area contributed by atoms with Crippen molar-refractivity contribution in [2.24, 2.45) is 52.3 Å². The van der Waals surface area contributed by atoms with Gasteiger partial charge >= 0.3 is 0 Å². The van der Waals surface area contributed by atoms with E-state index >= 15 is 0 Å². The average Bonchev–Trinajstić information content (AvgIpc) is 3.41. The molecule has 4 saturated carbocycles. The van der Waals surface area contributed by atoms with Crippen molar-refractivity contribution in [3.8, 4) is 0 Å². The summed E-state index contributed by atoms with van der Waals surface area (Å²) in [6, 6.07) is 0.297. The molecule has 0 bridgehead atoms. The SMILES string of the molecule is C[C@H]1CC[C@@]2(NC1)O[C@H]1C[C@H]3[C@@H]4CC[C@@H]5C[C@H](NC(=O)CCN6CCN(C)CC6)CC[C@]5(C)[C@H]4CC(=O)[C@]3(C)[C@H]1[C@@H]2C. The summed E-state index contributed by atoms with van der Waals surface area (Å²) in [6.45, 7) is 15.8. The van der Waals surface area contributed by atoms with Crippen molar-refractivity contribution in [1.29, 1.82) is 0 Å². The lowest BCUT2D eigenvalue weighted by molar-refractivity contribution is -0.160. The van der Waals surface area contributed by atoms with Crippen LogP contribution in [0.15, 0.2) is 0 Å². The molecule has 7 heteroatoms. The lowest BCUT2D eigenvalue weighted by atomic mass is 9.44. The molecule has 0 aromatic carbocycles.